The average molecular weight is 206 g/mol. The Morgan fingerprint density at radius 1 is 1.53 bits per heavy atom. The van der Waals surface area contributed by atoms with Gasteiger partial charge in [-0.05, 0) is 6.07 Å². The second-order valence-corrected chi connectivity index (χ2v) is 2.78. The molecule has 0 saturated heterocycles. The van der Waals surface area contributed by atoms with Crippen LogP contribution in [0.2, 0.25) is 0 Å². The topological polar surface area (TPSA) is 93.8 Å². The SMILES string of the molecule is O=c1[nH]cc([N+](=O)[O-])cc1-n1cccn1. The summed E-state index contributed by atoms with van der Waals surface area (Å²) in [7, 11) is 0. The lowest BCUT2D eigenvalue weighted by Gasteiger charge is -1.98. The summed E-state index contributed by atoms with van der Waals surface area (Å²) >= 11 is 0. The van der Waals surface area contributed by atoms with Gasteiger partial charge in [-0.3, -0.25) is 14.9 Å². The summed E-state index contributed by atoms with van der Waals surface area (Å²) in [6.45, 7) is 0. The Morgan fingerprint density at radius 3 is 2.93 bits per heavy atom. The third-order valence-corrected chi connectivity index (χ3v) is 1.83. The second-order valence-electron chi connectivity index (χ2n) is 2.78. The van der Waals surface area contributed by atoms with Crippen molar-refractivity contribution in [2.45, 2.75) is 0 Å². The number of rotatable bonds is 2. The first-order valence-corrected chi connectivity index (χ1v) is 4.05. The van der Waals surface area contributed by atoms with Crippen LogP contribution in [-0.4, -0.2) is 19.7 Å². The van der Waals surface area contributed by atoms with Gasteiger partial charge in [0.2, 0.25) is 0 Å². The van der Waals surface area contributed by atoms with Crippen molar-refractivity contribution in [3.05, 3.63) is 51.2 Å². The summed E-state index contributed by atoms with van der Waals surface area (Å²) < 4.78 is 1.27. The van der Waals surface area contributed by atoms with Crippen LogP contribution in [0.4, 0.5) is 5.69 Å². The van der Waals surface area contributed by atoms with E-state index in [0.29, 0.717) is 0 Å². The molecule has 0 bridgehead atoms. The number of nitrogens with one attached hydrogen (secondary N) is 1. The molecule has 2 aromatic heterocycles. The van der Waals surface area contributed by atoms with Crippen LogP contribution in [0.1, 0.15) is 0 Å². The Morgan fingerprint density at radius 2 is 2.33 bits per heavy atom. The van der Waals surface area contributed by atoms with E-state index in [9.17, 15) is 14.9 Å². The van der Waals surface area contributed by atoms with Gasteiger partial charge in [-0.15, -0.1) is 0 Å². The minimum atomic E-state index is -0.580. The summed E-state index contributed by atoms with van der Waals surface area (Å²) in [5.74, 6) is 0. The van der Waals surface area contributed by atoms with E-state index in [0.717, 1.165) is 6.20 Å². The number of hydrogen-bond acceptors (Lipinski definition) is 4. The Kier molecular flexibility index (Phi) is 2.05. The zero-order chi connectivity index (χ0) is 10.8. The molecule has 0 aromatic carbocycles. The van der Waals surface area contributed by atoms with Gasteiger partial charge in [-0.2, -0.15) is 5.10 Å². The summed E-state index contributed by atoms with van der Waals surface area (Å²) in [5.41, 5.74) is -0.487. The Hall–Kier alpha value is -2.44. The normalized spacial score (nSPS) is 10.1. The van der Waals surface area contributed by atoms with E-state index < -0.39 is 10.5 Å². The van der Waals surface area contributed by atoms with Gasteiger partial charge in [0.15, 0.2) is 0 Å². The lowest BCUT2D eigenvalue weighted by atomic mass is 10.4. The molecule has 0 amide bonds. The van der Waals surface area contributed by atoms with E-state index in [1.54, 1.807) is 6.07 Å². The highest BCUT2D eigenvalue weighted by Crippen LogP contribution is 2.10. The maximum atomic E-state index is 11.4. The van der Waals surface area contributed by atoms with Gasteiger partial charge in [0.1, 0.15) is 5.69 Å². The first-order valence-electron chi connectivity index (χ1n) is 4.05. The molecule has 76 valence electrons. The van der Waals surface area contributed by atoms with Gasteiger partial charge in [0.05, 0.1) is 11.1 Å². The highest BCUT2D eigenvalue weighted by atomic mass is 16.6. The Bertz CT molecular complexity index is 543. The van der Waals surface area contributed by atoms with Crippen molar-refractivity contribution in [2.75, 3.05) is 0 Å². The summed E-state index contributed by atoms with van der Waals surface area (Å²) in [6, 6.07) is 2.80. The molecule has 15 heavy (non-hydrogen) atoms. The number of H-pyrrole nitrogens is 1. The van der Waals surface area contributed by atoms with Crippen LogP contribution in [0.5, 0.6) is 0 Å². The van der Waals surface area contributed by atoms with E-state index in [2.05, 4.69) is 10.1 Å². The van der Waals surface area contributed by atoms with Crippen molar-refractivity contribution in [2.24, 2.45) is 0 Å². The molecule has 0 aliphatic heterocycles. The molecule has 1 N–H and O–H groups in total. The molecule has 0 aliphatic rings. The molecule has 2 rings (SSSR count). The first-order chi connectivity index (χ1) is 7.18. The van der Waals surface area contributed by atoms with Gasteiger partial charge < -0.3 is 4.98 Å². The third-order valence-electron chi connectivity index (χ3n) is 1.83. The molecule has 7 heteroatoms. The molecule has 0 atom stereocenters. The average Bonchev–Trinajstić information content (AvgIpc) is 2.71. The maximum Gasteiger partial charge on any atom is 0.287 e. The highest BCUT2D eigenvalue weighted by molar-refractivity contribution is 5.38. The molecule has 0 radical (unpaired) electrons. The summed E-state index contributed by atoms with van der Waals surface area (Å²) in [6.07, 6.45) is 4.07. The van der Waals surface area contributed by atoms with Gasteiger partial charge in [-0.1, -0.05) is 0 Å². The van der Waals surface area contributed by atoms with Gasteiger partial charge in [-0.25, -0.2) is 4.68 Å². The molecule has 0 saturated carbocycles. The molecule has 0 unspecified atom stereocenters. The third kappa shape index (κ3) is 1.62. The van der Waals surface area contributed by atoms with E-state index in [1.165, 1.54) is 23.1 Å². The molecule has 2 aromatic rings. The van der Waals surface area contributed by atoms with Crippen molar-refractivity contribution in [1.82, 2.24) is 14.8 Å². The quantitative estimate of drug-likeness (QED) is 0.570. The fourth-order valence-electron chi connectivity index (χ4n) is 1.15. The molecular weight excluding hydrogens is 200 g/mol. The summed E-state index contributed by atoms with van der Waals surface area (Å²) in [4.78, 5) is 23.5. The zero-order valence-electron chi connectivity index (χ0n) is 7.45. The molecule has 0 aliphatic carbocycles. The molecule has 7 nitrogen and oxygen atoms in total. The number of nitro groups is 1. The van der Waals surface area contributed by atoms with E-state index >= 15 is 0 Å². The van der Waals surface area contributed by atoms with E-state index in [-0.39, 0.29) is 11.4 Å². The lowest BCUT2D eigenvalue weighted by molar-refractivity contribution is -0.385. The Balaban J connectivity index is 2.61. The maximum absolute atomic E-state index is 11.4. The smallest absolute Gasteiger partial charge is 0.287 e. The number of hydrogen-bond donors (Lipinski definition) is 1. The number of nitrogens with zero attached hydrogens (tertiary/aromatic N) is 3. The van der Waals surface area contributed by atoms with Crippen LogP contribution in [-0.2, 0) is 0 Å². The van der Waals surface area contributed by atoms with E-state index in [1.807, 2.05) is 0 Å². The van der Waals surface area contributed by atoms with Crippen LogP contribution in [0.25, 0.3) is 5.69 Å². The molecule has 2 heterocycles. The molecular formula is C8H6N4O3. The Labute approximate surface area is 83.1 Å². The van der Waals surface area contributed by atoms with E-state index in [4.69, 9.17) is 0 Å². The number of aromatic nitrogens is 3. The number of pyridine rings is 1. The van der Waals surface area contributed by atoms with Crippen LogP contribution in [0.3, 0.4) is 0 Å². The fourth-order valence-corrected chi connectivity index (χ4v) is 1.15. The van der Waals surface area contributed by atoms with Gasteiger partial charge in [0, 0.05) is 18.5 Å². The summed E-state index contributed by atoms with van der Waals surface area (Å²) in [5, 5.41) is 14.3. The number of aromatic amines is 1. The largest absolute Gasteiger partial charge is 0.321 e. The lowest BCUT2D eigenvalue weighted by Crippen LogP contribution is -2.14. The first kappa shape index (κ1) is 9.13. The fraction of sp³-hybridized carbons (Fsp3) is 0. The molecule has 0 fully saturated rings. The van der Waals surface area contributed by atoms with Crippen LogP contribution in [0.15, 0.2) is 35.5 Å². The highest BCUT2D eigenvalue weighted by Gasteiger charge is 2.10. The minimum Gasteiger partial charge on any atom is -0.321 e. The van der Waals surface area contributed by atoms with Gasteiger partial charge in [0.25, 0.3) is 11.2 Å². The van der Waals surface area contributed by atoms with Gasteiger partial charge >= 0.3 is 0 Å². The van der Waals surface area contributed by atoms with Crippen molar-refractivity contribution in [3.8, 4) is 5.69 Å². The monoisotopic (exact) mass is 206 g/mol. The van der Waals surface area contributed by atoms with Crippen molar-refractivity contribution in [1.29, 1.82) is 0 Å². The molecule has 0 spiro atoms. The predicted molar refractivity (Wildman–Crippen MR) is 50.8 cm³/mol. The zero-order valence-corrected chi connectivity index (χ0v) is 7.45. The van der Waals surface area contributed by atoms with Crippen molar-refractivity contribution < 1.29 is 4.92 Å². The van der Waals surface area contributed by atoms with Crippen LogP contribution in [0, 0.1) is 10.1 Å². The standard InChI is InChI=1S/C8H6N4O3/c13-8-7(11-3-1-2-10-11)4-6(5-9-8)12(14)15/h1-5H,(H,9,13). The van der Waals surface area contributed by atoms with Crippen molar-refractivity contribution in [3.63, 3.8) is 0 Å². The van der Waals surface area contributed by atoms with Crippen LogP contribution < -0.4 is 5.56 Å². The van der Waals surface area contributed by atoms with Crippen molar-refractivity contribution >= 4 is 5.69 Å². The predicted octanol–water partition coefficient (Wildman–Crippen LogP) is 0.469. The second kappa shape index (κ2) is 3.37. The minimum absolute atomic E-state index is 0.120. The van der Waals surface area contributed by atoms with Crippen LogP contribution >= 0.6 is 0 Å².